The third kappa shape index (κ3) is 3.13. The molecule has 0 heterocycles. The number of hydrogen-bond acceptors (Lipinski definition) is 2. The highest BCUT2D eigenvalue weighted by Crippen LogP contribution is 2.32. The second kappa shape index (κ2) is 5.87. The highest BCUT2D eigenvalue weighted by Gasteiger charge is 2.05. The van der Waals surface area contributed by atoms with Gasteiger partial charge in [0.2, 0.25) is 0 Å². The number of rotatable bonds is 3. The molecule has 2 aromatic carbocycles. The summed E-state index contributed by atoms with van der Waals surface area (Å²) in [5, 5.41) is 9.10. The third-order valence-corrected chi connectivity index (χ3v) is 3.87. The lowest BCUT2D eigenvalue weighted by Gasteiger charge is -2.10. The lowest BCUT2D eigenvalue weighted by molar-refractivity contribution is 0.281. The Labute approximate surface area is 123 Å². The second-order valence-electron chi connectivity index (χ2n) is 3.95. The molecule has 0 amide bonds. The average molecular weight is 372 g/mol. The van der Waals surface area contributed by atoms with Crippen molar-refractivity contribution in [3.63, 3.8) is 0 Å². The molecule has 0 aromatic heterocycles. The molecule has 0 unspecified atom stereocenters. The van der Waals surface area contributed by atoms with Gasteiger partial charge in [-0.15, -0.1) is 0 Å². The Bertz CT molecular complexity index is 568. The van der Waals surface area contributed by atoms with Crippen molar-refractivity contribution >= 4 is 31.9 Å². The summed E-state index contributed by atoms with van der Waals surface area (Å²) < 4.78 is 7.55. The summed E-state index contributed by atoms with van der Waals surface area (Å²) in [4.78, 5) is 0. The molecule has 2 aromatic rings. The number of hydrogen-bond donors (Lipinski definition) is 1. The van der Waals surface area contributed by atoms with Gasteiger partial charge in [-0.2, -0.15) is 0 Å². The van der Waals surface area contributed by atoms with Crippen LogP contribution in [0.25, 0.3) is 0 Å². The standard InChI is InChI=1S/C14H12Br2O2/c1-9-2-5-14(13(16)6-9)18-11-4-3-10(8-17)12(15)7-11/h2-7,17H,8H2,1H3. The minimum Gasteiger partial charge on any atom is -0.456 e. The van der Waals surface area contributed by atoms with Gasteiger partial charge in [-0.25, -0.2) is 0 Å². The Balaban J connectivity index is 2.26. The molecule has 4 heteroatoms. The van der Waals surface area contributed by atoms with Crippen LogP contribution in [-0.4, -0.2) is 5.11 Å². The molecule has 18 heavy (non-hydrogen) atoms. The molecule has 2 rings (SSSR count). The van der Waals surface area contributed by atoms with E-state index >= 15 is 0 Å². The zero-order valence-corrected chi connectivity index (χ0v) is 13.0. The van der Waals surface area contributed by atoms with Crippen LogP contribution in [-0.2, 0) is 6.61 Å². The predicted molar refractivity (Wildman–Crippen MR) is 79.0 cm³/mol. The fourth-order valence-corrected chi connectivity index (χ4v) is 2.59. The highest BCUT2D eigenvalue weighted by atomic mass is 79.9. The lowest BCUT2D eigenvalue weighted by atomic mass is 10.2. The molecular weight excluding hydrogens is 360 g/mol. The van der Waals surface area contributed by atoms with Gasteiger partial charge in [-0.3, -0.25) is 0 Å². The van der Waals surface area contributed by atoms with E-state index in [0.717, 1.165) is 26.0 Å². The van der Waals surface area contributed by atoms with Crippen molar-refractivity contribution in [2.24, 2.45) is 0 Å². The fourth-order valence-electron chi connectivity index (χ4n) is 1.54. The smallest absolute Gasteiger partial charge is 0.141 e. The number of aliphatic hydroxyl groups is 1. The zero-order chi connectivity index (χ0) is 13.1. The van der Waals surface area contributed by atoms with Crippen molar-refractivity contribution in [1.29, 1.82) is 0 Å². The van der Waals surface area contributed by atoms with E-state index < -0.39 is 0 Å². The molecule has 2 nitrogen and oxygen atoms in total. The summed E-state index contributed by atoms with van der Waals surface area (Å²) >= 11 is 6.87. The molecule has 0 aliphatic carbocycles. The summed E-state index contributed by atoms with van der Waals surface area (Å²) in [6.45, 7) is 2.04. The van der Waals surface area contributed by atoms with E-state index in [9.17, 15) is 0 Å². The fraction of sp³-hybridized carbons (Fsp3) is 0.143. The first-order chi connectivity index (χ1) is 8.60. The molecule has 0 aliphatic rings. The van der Waals surface area contributed by atoms with Crippen molar-refractivity contribution in [2.45, 2.75) is 13.5 Å². The Hall–Kier alpha value is -0.840. The van der Waals surface area contributed by atoms with Gasteiger partial charge < -0.3 is 9.84 Å². The van der Waals surface area contributed by atoms with Crippen LogP contribution in [0.15, 0.2) is 45.3 Å². The van der Waals surface area contributed by atoms with Gasteiger partial charge in [0.1, 0.15) is 11.5 Å². The van der Waals surface area contributed by atoms with Crippen LogP contribution < -0.4 is 4.74 Å². The molecule has 1 N–H and O–H groups in total. The molecule has 0 bridgehead atoms. The first-order valence-corrected chi connectivity index (χ1v) is 7.02. The molecule has 94 valence electrons. The predicted octanol–water partition coefficient (Wildman–Crippen LogP) is 4.80. The van der Waals surface area contributed by atoms with Gasteiger partial charge in [-0.05, 0) is 58.2 Å². The monoisotopic (exact) mass is 370 g/mol. The maximum absolute atomic E-state index is 9.10. The number of benzene rings is 2. The second-order valence-corrected chi connectivity index (χ2v) is 5.66. The Morgan fingerprint density at radius 3 is 2.44 bits per heavy atom. The van der Waals surface area contributed by atoms with Crippen molar-refractivity contribution in [3.8, 4) is 11.5 Å². The normalized spacial score (nSPS) is 10.4. The summed E-state index contributed by atoms with van der Waals surface area (Å²) in [5.74, 6) is 1.49. The Morgan fingerprint density at radius 1 is 1.06 bits per heavy atom. The topological polar surface area (TPSA) is 29.5 Å². The van der Waals surface area contributed by atoms with E-state index in [2.05, 4.69) is 31.9 Å². The molecular formula is C14H12Br2O2. The lowest BCUT2D eigenvalue weighted by Crippen LogP contribution is -1.89. The van der Waals surface area contributed by atoms with E-state index in [1.165, 1.54) is 5.56 Å². The van der Waals surface area contributed by atoms with Crippen LogP contribution in [0.2, 0.25) is 0 Å². The van der Waals surface area contributed by atoms with Crippen molar-refractivity contribution in [3.05, 3.63) is 56.5 Å². The van der Waals surface area contributed by atoms with Crippen molar-refractivity contribution < 1.29 is 9.84 Å². The first-order valence-electron chi connectivity index (χ1n) is 5.43. The molecule has 0 fully saturated rings. The van der Waals surface area contributed by atoms with E-state index in [0.29, 0.717) is 0 Å². The molecule has 0 aliphatic heterocycles. The average Bonchev–Trinajstić information content (AvgIpc) is 2.33. The quantitative estimate of drug-likeness (QED) is 0.839. The minimum absolute atomic E-state index is 0.00902. The summed E-state index contributed by atoms with van der Waals surface area (Å²) in [5.41, 5.74) is 2.01. The van der Waals surface area contributed by atoms with Gasteiger partial charge in [0.05, 0.1) is 11.1 Å². The minimum atomic E-state index is 0.00902. The third-order valence-electron chi connectivity index (χ3n) is 2.51. The van der Waals surface area contributed by atoms with Gasteiger partial charge in [0, 0.05) is 4.47 Å². The van der Waals surface area contributed by atoms with Crippen molar-refractivity contribution in [2.75, 3.05) is 0 Å². The first kappa shape index (κ1) is 13.6. The van der Waals surface area contributed by atoms with Gasteiger partial charge in [0.15, 0.2) is 0 Å². The van der Waals surface area contributed by atoms with Gasteiger partial charge in [0.25, 0.3) is 0 Å². The maximum atomic E-state index is 9.10. The molecule has 0 radical (unpaired) electrons. The largest absolute Gasteiger partial charge is 0.456 e. The van der Waals surface area contributed by atoms with E-state index in [4.69, 9.17) is 9.84 Å². The Morgan fingerprint density at radius 2 is 1.83 bits per heavy atom. The van der Waals surface area contributed by atoms with Gasteiger partial charge in [-0.1, -0.05) is 28.1 Å². The van der Waals surface area contributed by atoms with Crippen LogP contribution in [0.4, 0.5) is 0 Å². The molecule has 0 saturated carbocycles. The summed E-state index contributed by atoms with van der Waals surface area (Å²) in [7, 11) is 0. The van der Waals surface area contributed by atoms with Crippen LogP contribution in [0.5, 0.6) is 11.5 Å². The molecule has 0 saturated heterocycles. The Kier molecular flexibility index (Phi) is 4.43. The molecule has 0 spiro atoms. The SMILES string of the molecule is Cc1ccc(Oc2ccc(CO)c(Br)c2)c(Br)c1. The van der Waals surface area contributed by atoms with Crippen molar-refractivity contribution in [1.82, 2.24) is 0 Å². The number of aryl methyl sites for hydroxylation is 1. The maximum Gasteiger partial charge on any atom is 0.141 e. The van der Waals surface area contributed by atoms with E-state index in [1.54, 1.807) is 0 Å². The molecule has 0 atom stereocenters. The van der Waals surface area contributed by atoms with E-state index in [1.807, 2.05) is 43.3 Å². The van der Waals surface area contributed by atoms with Crippen LogP contribution in [0, 0.1) is 6.92 Å². The zero-order valence-electron chi connectivity index (χ0n) is 9.78. The number of ether oxygens (including phenoxy) is 1. The summed E-state index contributed by atoms with van der Waals surface area (Å²) in [6.07, 6.45) is 0. The number of halogens is 2. The van der Waals surface area contributed by atoms with Crippen LogP contribution in [0.3, 0.4) is 0 Å². The van der Waals surface area contributed by atoms with Gasteiger partial charge >= 0.3 is 0 Å². The van der Waals surface area contributed by atoms with E-state index in [-0.39, 0.29) is 6.61 Å². The van der Waals surface area contributed by atoms with Crippen LogP contribution in [0.1, 0.15) is 11.1 Å². The number of aliphatic hydroxyl groups excluding tert-OH is 1. The highest BCUT2D eigenvalue weighted by molar-refractivity contribution is 9.10. The summed E-state index contributed by atoms with van der Waals surface area (Å²) in [6, 6.07) is 11.4. The van der Waals surface area contributed by atoms with Crippen LogP contribution >= 0.6 is 31.9 Å².